The fourth-order valence-electron chi connectivity index (χ4n) is 1.31. The lowest BCUT2D eigenvalue weighted by atomic mass is 10.2. The maximum Gasteiger partial charge on any atom is 0.0773 e. The quantitative estimate of drug-likeness (QED) is 0.856. The summed E-state index contributed by atoms with van der Waals surface area (Å²) in [6.45, 7) is 4.00. The van der Waals surface area contributed by atoms with Gasteiger partial charge < -0.3 is 5.11 Å². The van der Waals surface area contributed by atoms with E-state index in [1.54, 1.807) is 11.5 Å². The van der Waals surface area contributed by atoms with Gasteiger partial charge in [-0.2, -0.15) is 0 Å². The summed E-state index contributed by atoms with van der Waals surface area (Å²) in [6.07, 6.45) is 2.75. The van der Waals surface area contributed by atoms with Crippen molar-refractivity contribution >= 4 is 10.8 Å². The number of aryl methyl sites for hydroxylation is 1. The van der Waals surface area contributed by atoms with Crippen LogP contribution in [0.3, 0.4) is 0 Å². The topological polar surface area (TPSA) is 37.3 Å². The molecule has 0 radical (unpaired) electrons. The van der Waals surface area contributed by atoms with Gasteiger partial charge in [-0.15, -0.1) is 0 Å². The van der Waals surface area contributed by atoms with Gasteiger partial charge in [0.15, 0.2) is 0 Å². The Labute approximate surface area is 99.5 Å². The Bertz CT molecular complexity index is 368. The van der Waals surface area contributed by atoms with Crippen LogP contribution in [0.5, 0.6) is 0 Å². The van der Waals surface area contributed by atoms with Crippen LogP contribution in [0.15, 0.2) is 40.6 Å². The summed E-state index contributed by atoms with van der Waals surface area (Å²) in [5.41, 5.74) is 1.15. The summed E-state index contributed by atoms with van der Waals surface area (Å²) in [7, 11) is -1.16. The molecule has 1 unspecified atom stereocenters. The highest BCUT2D eigenvalue weighted by Gasteiger charge is 2.01. The van der Waals surface area contributed by atoms with Crippen molar-refractivity contribution in [1.82, 2.24) is 0 Å². The highest BCUT2D eigenvalue weighted by atomic mass is 32.2. The summed E-state index contributed by atoms with van der Waals surface area (Å²) < 4.78 is 11.8. The number of aliphatic hydroxyl groups is 1. The van der Waals surface area contributed by atoms with Gasteiger partial charge in [0, 0.05) is 10.3 Å². The smallest absolute Gasteiger partial charge is 0.0773 e. The van der Waals surface area contributed by atoms with Crippen LogP contribution in [0.2, 0.25) is 0 Å². The highest BCUT2D eigenvalue weighted by Crippen LogP contribution is 2.10. The van der Waals surface area contributed by atoms with Crippen molar-refractivity contribution in [3.05, 3.63) is 41.3 Å². The molecule has 0 amide bonds. The Morgan fingerprint density at radius 1 is 1.38 bits per heavy atom. The van der Waals surface area contributed by atoms with Crippen molar-refractivity contribution in [3.63, 3.8) is 0 Å². The van der Waals surface area contributed by atoms with Gasteiger partial charge in [-0.05, 0) is 31.6 Å². The van der Waals surface area contributed by atoms with Crippen molar-refractivity contribution < 1.29 is 9.32 Å². The van der Waals surface area contributed by atoms with E-state index in [-0.39, 0.29) is 0 Å². The van der Waals surface area contributed by atoms with Crippen LogP contribution in [-0.4, -0.2) is 15.4 Å². The second kappa shape index (κ2) is 6.61. The Balaban J connectivity index is 2.62. The Hall–Kier alpha value is -0.930. The third kappa shape index (κ3) is 4.29. The third-order valence-corrected chi connectivity index (χ3v) is 3.40. The Kier molecular flexibility index (Phi) is 5.43. The molecule has 0 aliphatic heterocycles. The number of benzene rings is 1. The Morgan fingerprint density at radius 3 is 2.56 bits per heavy atom. The van der Waals surface area contributed by atoms with E-state index in [9.17, 15) is 9.32 Å². The molecule has 0 saturated carbocycles. The predicted molar refractivity (Wildman–Crippen MR) is 67.6 cm³/mol. The van der Waals surface area contributed by atoms with E-state index in [4.69, 9.17) is 0 Å². The molecule has 0 aromatic heterocycles. The average Bonchev–Trinajstić information content (AvgIpc) is 2.27. The number of hydrogen-bond acceptors (Lipinski definition) is 2. The van der Waals surface area contributed by atoms with Crippen LogP contribution in [0.1, 0.15) is 25.3 Å². The molecule has 1 aromatic rings. The summed E-state index contributed by atoms with van der Waals surface area (Å²) in [5, 5.41) is 11.0. The fraction of sp³-hybridized carbons (Fsp3) is 0.385. The van der Waals surface area contributed by atoms with Gasteiger partial charge in [0.1, 0.15) is 0 Å². The van der Waals surface area contributed by atoms with Crippen molar-refractivity contribution in [3.8, 4) is 0 Å². The first-order chi connectivity index (χ1) is 7.63. The van der Waals surface area contributed by atoms with Gasteiger partial charge in [-0.3, -0.25) is 0 Å². The van der Waals surface area contributed by atoms with Gasteiger partial charge >= 0.3 is 0 Å². The van der Waals surface area contributed by atoms with Crippen LogP contribution in [-0.2, 0) is 10.8 Å². The SMILES string of the molecule is CCCC(O)/C=C/[S@@](=O)c1ccc(C)cc1. The number of rotatable bonds is 5. The minimum Gasteiger partial charge on any atom is -0.389 e. The second-order valence-electron chi connectivity index (χ2n) is 3.80. The molecule has 0 saturated heterocycles. The van der Waals surface area contributed by atoms with Gasteiger partial charge in [-0.1, -0.05) is 31.0 Å². The molecule has 1 aromatic carbocycles. The lowest BCUT2D eigenvalue weighted by molar-refractivity contribution is 0.212. The van der Waals surface area contributed by atoms with Crippen LogP contribution < -0.4 is 0 Å². The summed E-state index contributed by atoms with van der Waals surface area (Å²) in [6, 6.07) is 7.57. The lowest BCUT2D eigenvalue weighted by Gasteiger charge is -2.02. The first kappa shape index (κ1) is 13.1. The van der Waals surface area contributed by atoms with E-state index < -0.39 is 16.9 Å². The van der Waals surface area contributed by atoms with E-state index in [0.29, 0.717) is 6.42 Å². The lowest BCUT2D eigenvalue weighted by Crippen LogP contribution is -2.01. The molecule has 88 valence electrons. The van der Waals surface area contributed by atoms with Crippen molar-refractivity contribution in [2.75, 3.05) is 0 Å². The van der Waals surface area contributed by atoms with Gasteiger partial charge in [0.2, 0.25) is 0 Å². The summed E-state index contributed by atoms with van der Waals surface area (Å²) in [4.78, 5) is 0.769. The average molecular weight is 238 g/mol. The van der Waals surface area contributed by atoms with Gasteiger partial charge in [-0.25, -0.2) is 4.21 Å². The molecular weight excluding hydrogens is 220 g/mol. The molecule has 0 aliphatic rings. The van der Waals surface area contributed by atoms with E-state index in [1.807, 2.05) is 38.1 Å². The van der Waals surface area contributed by atoms with Crippen LogP contribution >= 0.6 is 0 Å². The van der Waals surface area contributed by atoms with Crippen molar-refractivity contribution in [1.29, 1.82) is 0 Å². The minimum absolute atomic E-state index is 0.487. The first-order valence-corrected chi connectivity index (χ1v) is 6.68. The molecule has 0 heterocycles. The van der Waals surface area contributed by atoms with Crippen molar-refractivity contribution in [2.45, 2.75) is 37.7 Å². The Morgan fingerprint density at radius 2 is 2.00 bits per heavy atom. The maximum atomic E-state index is 11.8. The highest BCUT2D eigenvalue weighted by molar-refractivity contribution is 7.88. The zero-order valence-electron chi connectivity index (χ0n) is 9.72. The standard InChI is InChI=1S/C13H18O2S/c1-3-4-12(14)9-10-16(15)13-7-5-11(2)6-8-13/h5-10,12,14H,3-4H2,1-2H3/b10-9+/t12?,16-/m1/s1. The molecule has 1 N–H and O–H groups in total. The molecule has 16 heavy (non-hydrogen) atoms. The molecule has 0 fully saturated rings. The van der Waals surface area contributed by atoms with E-state index >= 15 is 0 Å². The second-order valence-corrected chi connectivity index (χ2v) is 5.13. The molecule has 3 heteroatoms. The molecule has 1 rings (SSSR count). The first-order valence-electron chi connectivity index (χ1n) is 5.47. The van der Waals surface area contributed by atoms with E-state index in [0.717, 1.165) is 16.9 Å². The molecule has 0 bridgehead atoms. The zero-order valence-corrected chi connectivity index (χ0v) is 10.5. The normalized spacial score (nSPS) is 15.2. The molecule has 0 aliphatic carbocycles. The van der Waals surface area contributed by atoms with Gasteiger partial charge in [0.25, 0.3) is 0 Å². The largest absolute Gasteiger partial charge is 0.389 e. The number of aliphatic hydroxyl groups excluding tert-OH is 1. The fourth-order valence-corrected chi connectivity index (χ4v) is 2.19. The third-order valence-electron chi connectivity index (χ3n) is 2.26. The zero-order chi connectivity index (χ0) is 12.0. The van der Waals surface area contributed by atoms with Crippen LogP contribution in [0.25, 0.3) is 0 Å². The minimum atomic E-state index is -1.16. The molecule has 2 nitrogen and oxygen atoms in total. The van der Waals surface area contributed by atoms with Crippen LogP contribution in [0.4, 0.5) is 0 Å². The molecular formula is C13H18O2S. The summed E-state index contributed by atoms with van der Waals surface area (Å²) in [5.74, 6) is 0. The van der Waals surface area contributed by atoms with Gasteiger partial charge in [0.05, 0.1) is 16.9 Å². The maximum absolute atomic E-state index is 11.8. The predicted octanol–water partition coefficient (Wildman–Crippen LogP) is 2.78. The van der Waals surface area contributed by atoms with E-state index in [1.165, 1.54) is 0 Å². The monoisotopic (exact) mass is 238 g/mol. The van der Waals surface area contributed by atoms with Crippen molar-refractivity contribution in [2.24, 2.45) is 0 Å². The number of hydrogen-bond donors (Lipinski definition) is 1. The van der Waals surface area contributed by atoms with Crippen LogP contribution in [0, 0.1) is 6.92 Å². The summed E-state index contributed by atoms with van der Waals surface area (Å²) >= 11 is 0. The molecule has 0 spiro atoms. The molecule has 2 atom stereocenters. The van der Waals surface area contributed by atoms with E-state index in [2.05, 4.69) is 0 Å².